The van der Waals surface area contributed by atoms with Crippen LogP contribution in [0.2, 0.25) is 0 Å². The molecule has 0 N–H and O–H groups in total. The van der Waals surface area contributed by atoms with Gasteiger partial charge in [-0.2, -0.15) is 14.0 Å². The van der Waals surface area contributed by atoms with E-state index in [1.54, 1.807) is 18.3 Å². The third kappa shape index (κ3) is 4.22. The Morgan fingerprint density at radius 2 is 2.03 bits per heavy atom. The molecule has 0 saturated carbocycles. The van der Waals surface area contributed by atoms with Crippen LogP contribution in [0.3, 0.4) is 0 Å². The lowest BCUT2D eigenvalue weighted by Crippen LogP contribution is -2.46. The van der Waals surface area contributed by atoms with Gasteiger partial charge in [-0.25, -0.2) is 4.98 Å². The molecule has 1 aliphatic heterocycles. The van der Waals surface area contributed by atoms with E-state index in [2.05, 4.69) is 30.6 Å². The number of nitriles is 1. The van der Waals surface area contributed by atoms with Gasteiger partial charge in [-0.15, -0.1) is 11.3 Å². The Morgan fingerprint density at radius 3 is 2.79 bits per heavy atom. The van der Waals surface area contributed by atoms with Crippen LogP contribution < -0.4 is 15.2 Å². The summed E-state index contributed by atoms with van der Waals surface area (Å²) in [5.74, 6) is 0.0237. The van der Waals surface area contributed by atoms with Crippen molar-refractivity contribution in [2.75, 3.05) is 31.1 Å². The predicted molar refractivity (Wildman–Crippen MR) is 120 cm³/mol. The Balaban J connectivity index is 1.38. The summed E-state index contributed by atoms with van der Waals surface area (Å²) in [6.45, 7) is 0.228. The van der Waals surface area contributed by atoms with Crippen molar-refractivity contribution in [3.63, 3.8) is 0 Å². The third-order valence-corrected chi connectivity index (χ3v) is 6.34. The molecule has 4 aromatic rings. The molecule has 1 saturated heterocycles. The van der Waals surface area contributed by atoms with Gasteiger partial charge in [0.15, 0.2) is 4.96 Å². The Labute approximate surface area is 190 Å². The summed E-state index contributed by atoms with van der Waals surface area (Å²) >= 11 is 1.42. The van der Waals surface area contributed by atoms with Gasteiger partial charge < -0.3 is 9.64 Å². The molecular formula is C22H18F2N6O2S. The number of nitrogens with zero attached hydrogens (tertiary/aromatic N) is 6. The van der Waals surface area contributed by atoms with Gasteiger partial charge >= 0.3 is 6.61 Å². The lowest BCUT2D eigenvalue weighted by atomic mass is 10.1. The number of ether oxygens (including phenoxy) is 1. The number of rotatable bonds is 5. The molecule has 1 aromatic carbocycles. The quantitative estimate of drug-likeness (QED) is 0.445. The highest BCUT2D eigenvalue weighted by atomic mass is 32.1. The molecule has 0 aliphatic carbocycles. The maximum atomic E-state index is 12.7. The van der Waals surface area contributed by atoms with Gasteiger partial charge in [0, 0.05) is 62.0 Å². The van der Waals surface area contributed by atoms with Crippen LogP contribution in [0.4, 0.5) is 14.5 Å². The van der Waals surface area contributed by atoms with Crippen LogP contribution in [0.25, 0.3) is 15.9 Å². The number of piperazine rings is 1. The first kappa shape index (κ1) is 21.2. The lowest BCUT2D eigenvalue weighted by Gasteiger charge is -2.36. The highest BCUT2D eigenvalue weighted by Gasteiger charge is 2.23. The van der Waals surface area contributed by atoms with Crippen molar-refractivity contribution in [3.8, 4) is 11.8 Å². The minimum atomic E-state index is -2.93. The number of hydrogen-bond acceptors (Lipinski definition) is 8. The number of hydrogen-bond donors (Lipinski definition) is 0. The number of fused-ring (bicyclic) bond motifs is 2. The standard InChI is InChI=1S/C22H18F2N6O2S/c23-21(24)32-16-1-2-18-17(10-16)20(14(11-25)12-26-18)29-5-3-28(4-6-29)13-15-9-19(31)30-7-8-33-22(30)27-15/h1-2,7-10,12,21H,3-6,13H2. The number of benzene rings is 1. The van der Waals surface area contributed by atoms with E-state index in [1.165, 1.54) is 34.1 Å². The van der Waals surface area contributed by atoms with Crippen LogP contribution >= 0.6 is 11.3 Å². The fraction of sp³-hybridized carbons (Fsp3) is 0.273. The van der Waals surface area contributed by atoms with Gasteiger partial charge in [0.05, 0.1) is 22.5 Å². The normalized spacial score (nSPS) is 14.8. The summed E-state index contributed by atoms with van der Waals surface area (Å²) in [6, 6.07) is 8.28. The van der Waals surface area contributed by atoms with Crippen LogP contribution in [-0.4, -0.2) is 52.1 Å². The molecule has 8 nitrogen and oxygen atoms in total. The smallest absolute Gasteiger partial charge is 0.387 e. The van der Waals surface area contributed by atoms with Gasteiger partial charge in [0.25, 0.3) is 5.56 Å². The second kappa shape index (κ2) is 8.73. The Hall–Kier alpha value is -3.62. The lowest BCUT2D eigenvalue weighted by molar-refractivity contribution is -0.0497. The van der Waals surface area contributed by atoms with E-state index >= 15 is 0 Å². The van der Waals surface area contributed by atoms with E-state index in [0.29, 0.717) is 59.8 Å². The SMILES string of the molecule is N#Cc1cnc2ccc(OC(F)F)cc2c1N1CCN(Cc2cc(=O)n3ccsc3n2)CC1. The van der Waals surface area contributed by atoms with Gasteiger partial charge in [-0.05, 0) is 18.2 Å². The van der Waals surface area contributed by atoms with Gasteiger partial charge in [-0.1, -0.05) is 0 Å². The maximum absolute atomic E-state index is 12.7. The fourth-order valence-corrected chi connectivity index (χ4v) is 4.82. The van der Waals surface area contributed by atoms with Gasteiger partial charge in [0.2, 0.25) is 0 Å². The molecule has 1 fully saturated rings. The van der Waals surface area contributed by atoms with Crippen molar-refractivity contribution >= 4 is 32.9 Å². The van der Waals surface area contributed by atoms with E-state index in [9.17, 15) is 18.8 Å². The van der Waals surface area contributed by atoms with Gasteiger partial charge in [0.1, 0.15) is 11.8 Å². The van der Waals surface area contributed by atoms with Crippen LogP contribution in [0.15, 0.2) is 46.8 Å². The number of alkyl halides is 2. The fourth-order valence-electron chi connectivity index (χ4n) is 4.08. The molecule has 4 heterocycles. The molecule has 1 aliphatic rings. The van der Waals surface area contributed by atoms with Crippen molar-refractivity contribution in [2.24, 2.45) is 0 Å². The van der Waals surface area contributed by atoms with E-state index in [4.69, 9.17) is 0 Å². The minimum absolute atomic E-state index is 0.0237. The molecule has 11 heteroatoms. The maximum Gasteiger partial charge on any atom is 0.387 e. The Bertz CT molecular complexity index is 1420. The number of aromatic nitrogens is 3. The molecule has 5 rings (SSSR count). The second-order valence-electron chi connectivity index (χ2n) is 7.59. The van der Waals surface area contributed by atoms with E-state index in [0.717, 1.165) is 5.69 Å². The summed E-state index contributed by atoms with van der Waals surface area (Å²) in [6.07, 6.45) is 3.22. The molecule has 0 unspecified atom stereocenters. The summed E-state index contributed by atoms with van der Waals surface area (Å²) in [5, 5.41) is 12.1. The first-order chi connectivity index (χ1) is 16.0. The van der Waals surface area contributed by atoms with Crippen molar-refractivity contribution in [1.29, 1.82) is 5.26 Å². The van der Waals surface area contributed by atoms with Crippen LogP contribution in [0.5, 0.6) is 5.75 Å². The van der Waals surface area contributed by atoms with E-state index in [-0.39, 0.29) is 11.3 Å². The monoisotopic (exact) mass is 468 g/mol. The molecule has 168 valence electrons. The average molecular weight is 468 g/mol. The van der Waals surface area contributed by atoms with Crippen molar-refractivity contribution in [2.45, 2.75) is 13.2 Å². The van der Waals surface area contributed by atoms with Crippen LogP contribution in [0.1, 0.15) is 11.3 Å². The summed E-state index contributed by atoms with van der Waals surface area (Å²) in [4.78, 5) is 26.0. The van der Waals surface area contributed by atoms with Crippen molar-refractivity contribution < 1.29 is 13.5 Å². The molecule has 0 spiro atoms. The average Bonchev–Trinajstić information content (AvgIpc) is 3.28. The highest BCUT2D eigenvalue weighted by Crippen LogP contribution is 2.33. The molecule has 3 aromatic heterocycles. The number of pyridine rings is 1. The first-order valence-electron chi connectivity index (χ1n) is 10.2. The minimum Gasteiger partial charge on any atom is -0.435 e. The summed E-state index contributed by atoms with van der Waals surface area (Å²) in [7, 11) is 0. The molecule has 0 bridgehead atoms. The number of thiazole rings is 1. The summed E-state index contributed by atoms with van der Waals surface area (Å²) < 4.78 is 31.5. The molecular weight excluding hydrogens is 450 g/mol. The van der Waals surface area contributed by atoms with E-state index in [1.807, 2.05) is 5.38 Å². The Morgan fingerprint density at radius 1 is 1.21 bits per heavy atom. The zero-order chi connectivity index (χ0) is 22.9. The van der Waals surface area contributed by atoms with Crippen LogP contribution in [-0.2, 0) is 6.54 Å². The zero-order valence-corrected chi connectivity index (χ0v) is 18.1. The van der Waals surface area contributed by atoms with Crippen LogP contribution in [0, 0.1) is 11.3 Å². The predicted octanol–water partition coefficient (Wildman–Crippen LogP) is 3.10. The first-order valence-corrected chi connectivity index (χ1v) is 11.1. The molecule has 0 atom stereocenters. The molecule has 0 amide bonds. The zero-order valence-electron chi connectivity index (χ0n) is 17.3. The Kier molecular flexibility index (Phi) is 5.62. The summed E-state index contributed by atoms with van der Waals surface area (Å²) in [5.41, 5.74) is 2.26. The molecule has 33 heavy (non-hydrogen) atoms. The number of anilines is 1. The van der Waals surface area contributed by atoms with Crippen molar-refractivity contribution in [1.82, 2.24) is 19.3 Å². The van der Waals surface area contributed by atoms with Crippen molar-refractivity contribution in [3.05, 3.63) is 63.7 Å². The van der Waals surface area contributed by atoms with E-state index < -0.39 is 6.61 Å². The van der Waals surface area contributed by atoms with Gasteiger partial charge in [-0.3, -0.25) is 19.1 Å². The number of halogens is 2. The largest absolute Gasteiger partial charge is 0.435 e. The third-order valence-electron chi connectivity index (χ3n) is 5.59. The topological polar surface area (TPSA) is 86.8 Å². The highest BCUT2D eigenvalue weighted by molar-refractivity contribution is 7.15. The molecule has 0 radical (unpaired) electrons. The second-order valence-corrected chi connectivity index (χ2v) is 8.47.